The maximum Gasteiger partial charge on any atom is 0.118 e. The Balaban J connectivity index is 2.50. The normalized spacial score (nSPS) is 15.8. The van der Waals surface area contributed by atoms with Gasteiger partial charge in [0.1, 0.15) is 8.80 Å². The Kier molecular flexibility index (Phi) is 3.13. The highest BCUT2D eigenvalue weighted by Gasteiger charge is 2.20. The summed E-state index contributed by atoms with van der Waals surface area (Å²) in [6.45, 7) is 11.4. The van der Waals surface area contributed by atoms with Gasteiger partial charge in [-0.15, -0.1) is 0 Å². The van der Waals surface area contributed by atoms with Crippen LogP contribution in [0, 0.1) is 13.8 Å². The minimum atomic E-state index is -0.942. The summed E-state index contributed by atoms with van der Waals surface area (Å²) >= 11 is 0. The van der Waals surface area contributed by atoms with Crippen molar-refractivity contribution >= 4 is 14.0 Å². The molecule has 0 spiro atoms. The van der Waals surface area contributed by atoms with Gasteiger partial charge in [0.25, 0.3) is 0 Å². The molecule has 1 heterocycles. The van der Waals surface area contributed by atoms with E-state index in [0.717, 1.165) is 0 Å². The molecule has 17 heavy (non-hydrogen) atoms. The molecule has 0 saturated heterocycles. The SMILES string of the molecule is Cc1c([SiH]2C=CC=C2)ccc(C(C)(C)C)c1C. The van der Waals surface area contributed by atoms with Crippen molar-refractivity contribution in [2.45, 2.75) is 40.0 Å². The molecule has 1 aliphatic heterocycles. The zero-order valence-electron chi connectivity index (χ0n) is 11.5. The van der Waals surface area contributed by atoms with Crippen molar-refractivity contribution in [3.8, 4) is 0 Å². The molecule has 1 aromatic carbocycles. The molecule has 0 bridgehead atoms. The number of hydrogen-bond acceptors (Lipinski definition) is 0. The van der Waals surface area contributed by atoms with Crippen molar-refractivity contribution in [1.82, 2.24) is 0 Å². The molecule has 1 aliphatic rings. The summed E-state index contributed by atoms with van der Waals surface area (Å²) in [5.41, 5.74) is 9.52. The molecule has 1 heteroatoms. The van der Waals surface area contributed by atoms with E-state index in [-0.39, 0.29) is 5.41 Å². The quantitative estimate of drug-likeness (QED) is 0.663. The van der Waals surface area contributed by atoms with Crippen LogP contribution in [0.5, 0.6) is 0 Å². The Bertz CT molecular complexity index is 475. The van der Waals surface area contributed by atoms with Gasteiger partial charge in [-0.1, -0.05) is 61.6 Å². The van der Waals surface area contributed by atoms with E-state index in [9.17, 15) is 0 Å². The average molecular weight is 242 g/mol. The maximum atomic E-state index is 2.40. The van der Waals surface area contributed by atoms with E-state index in [1.807, 2.05) is 0 Å². The minimum Gasteiger partial charge on any atom is -0.0893 e. The van der Waals surface area contributed by atoms with Crippen molar-refractivity contribution < 1.29 is 0 Å². The van der Waals surface area contributed by atoms with Gasteiger partial charge in [-0.2, -0.15) is 0 Å². The van der Waals surface area contributed by atoms with Gasteiger partial charge in [0, 0.05) is 0 Å². The lowest BCUT2D eigenvalue weighted by atomic mass is 9.83. The van der Waals surface area contributed by atoms with E-state index in [1.54, 1.807) is 5.19 Å². The lowest BCUT2D eigenvalue weighted by molar-refractivity contribution is 0.585. The molecule has 0 fully saturated rings. The fraction of sp³-hybridized carbons (Fsp3) is 0.375. The Morgan fingerprint density at radius 1 is 0.882 bits per heavy atom. The molecule has 0 N–H and O–H groups in total. The highest BCUT2D eigenvalue weighted by atomic mass is 28.3. The second kappa shape index (κ2) is 4.30. The van der Waals surface area contributed by atoms with E-state index in [2.05, 4.69) is 70.3 Å². The monoisotopic (exact) mass is 242 g/mol. The van der Waals surface area contributed by atoms with Gasteiger partial charge >= 0.3 is 0 Å². The highest BCUT2D eigenvalue weighted by molar-refractivity contribution is 6.83. The smallest absolute Gasteiger partial charge is 0.0893 e. The van der Waals surface area contributed by atoms with Crippen LogP contribution in [0.3, 0.4) is 0 Å². The van der Waals surface area contributed by atoms with Gasteiger partial charge in [0.2, 0.25) is 0 Å². The van der Waals surface area contributed by atoms with Crippen LogP contribution in [-0.2, 0) is 5.41 Å². The number of rotatable bonds is 1. The van der Waals surface area contributed by atoms with Gasteiger partial charge in [0.05, 0.1) is 0 Å². The topological polar surface area (TPSA) is 0 Å². The summed E-state index contributed by atoms with van der Waals surface area (Å²) in [6.07, 6.45) is 4.40. The summed E-state index contributed by atoms with van der Waals surface area (Å²) < 4.78 is 0. The summed E-state index contributed by atoms with van der Waals surface area (Å²) in [7, 11) is -0.942. The van der Waals surface area contributed by atoms with E-state index in [1.165, 1.54) is 16.7 Å². The molecule has 2 rings (SSSR count). The fourth-order valence-electron chi connectivity index (χ4n) is 2.65. The molecular weight excluding hydrogens is 220 g/mol. The van der Waals surface area contributed by atoms with Gasteiger partial charge in [-0.3, -0.25) is 0 Å². The molecule has 1 aromatic rings. The molecule has 0 aromatic heterocycles. The average Bonchev–Trinajstić information content (AvgIpc) is 2.73. The standard InChI is InChI=1S/C16H22Si/c1-12-13(2)15(17-10-6-7-11-17)9-8-14(12)16(3,4)5/h6-11,17H,1-5H3. The predicted octanol–water partition coefficient (Wildman–Crippen LogP) is 3.24. The molecule has 90 valence electrons. The lowest BCUT2D eigenvalue weighted by Crippen LogP contribution is -2.30. The zero-order valence-corrected chi connectivity index (χ0v) is 12.7. The third-order valence-electron chi connectivity index (χ3n) is 3.74. The molecule has 0 radical (unpaired) electrons. The third kappa shape index (κ3) is 2.30. The van der Waals surface area contributed by atoms with Crippen LogP contribution in [0.4, 0.5) is 0 Å². The van der Waals surface area contributed by atoms with Crippen molar-refractivity contribution in [3.63, 3.8) is 0 Å². The molecule has 0 aliphatic carbocycles. The minimum absolute atomic E-state index is 0.246. The van der Waals surface area contributed by atoms with Gasteiger partial charge in [0.15, 0.2) is 0 Å². The van der Waals surface area contributed by atoms with E-state index < -0.39 is 8.80 Å². The van der Waals surface area contributed by atoms with E-state index >= 15 is 0 Å². The van der Waals surface area contributed by atoms with Crippen LogP contribution < -0.4 is 5.19 Å². The summed E-state index contributed by atoms with van der Waals surface area (Å²) in [6, 6.07) is 4.70. The molecular formula is C16H22Si. The highest BCUT2D eigenvalue weighted by Crippen LogP contribution is 2.26. The van der Waals surface area contributed by atoms with Crippen molar-refractivity contribution in [2.75, 3.05) is 0 Å². The summed E-state index contributed by atoms with van der Waals surface area (Å²) in [5.74, 6) is 0. The first-order chi connectivity index (χ1) is 7.91. The van der Waals surface area contributed by atoms with Crippen LogP contribution in [0.2, 0.25) is 0 Å². The first-order valence-electron chi connectivity index (χ1n) is 6.37. The van der Waals surface area contributed by atoms with Crippen molar-refractivity contribution in [2.24, 2.45) is 0 Å². The van der Waals surface area contributed by atoms with Crippen molar-refractivity contribution in [1.29, 1.82) is 0 Å². The summed E-state index contributed by atoms with van der Waals surface area (Å²) in [4.78, 5) is 0. The predicted molar refractivity (Wildman–Crippen MR) is 79.7 cm³/mol. The lowest BCUT2D eigenvalue weighted by Gasteiger charge is -2.25. The maximum absolute atomic E-state index is 2.40. The molecule has 0 amide bonds. The van der Waals surface area contributed by atoms with Crippen LogP contribution in [-0.4, -0.2) is 8.80 Å². The molecule has 0 saturated carbocycles. The van der Waals surface area contributed by atoms with E-state index in [4.69, 9.17) is 0 Å². The largest absolute Gasteiger partial charge is 0.118 e. The number of benzene rings is 1. The zero-order chi connectivity index (χ0) is 12.6. The van der Waals surface area contributed by atoms with Crippen LogP contribution in [0.15, 0.2) is 35.7 Å². The Morgan fingerprint density at radius 2 is 1.47 bits per heavy atom. The second-order valence-electron chi connectivity index (χ2n) is 6.00. The molecule has 0 nitrogen and oxygen atoms in total. The number of allylic oxidation sites excluding steroid dienone is 2. The van der Waals surface area contributed by atoms with Gasteiger partial charge in [-0.05, 0) is 36.0 Å². The number of hydrogen-bond donors (Lipinski definition) is 0. The summed E-state index contributed by atoms with van der Waals surface area (Å²) in [5, 5.41) is 1.58. The Hall–Kier alpha value is -1.08. The van der Waals surface area contributed by atoms with Crippen molar-refractivity contribution in [3.05, 3.63) is 52.4 Å². The third-order valence-corrected chi connectivity index (χ3v) is 6.36. The first-order valence-corrected chi connectivity index (χ1v) is 8.28. The molecule has 0 atom stereocenters. The van der Waals surface area contributed by atoms with Crippen LogP contribution >= 0.6 is 0 Å². The van der Waals surface area contributed by atoms with Gasteiger partial charge in [-0.25, -0.2) is 0 Å². The van der Waals surface area contributed by atoms with Gasteiger partial charge < -0.3 is 0 Å². The molecule has 0 unspecified atom stereocenters. The first kappa shape index (κ1) is 12.4. The van der Waals surface area contributed by atoms with E-state index in [0.29, 0.717) is 0 Å². The Labute approximate surface area is 107 Å². The fourth-order valence-corrected chi connectivity index (χ4v) is 4.97. The second-order valence-corrected chi connectivity index (χ2v) is 8.44. The Morgan fingerprint density at radius 3 is 2.00 bits per heavy atom. The van der Waals surface area contributed by atoms with Crippen LogP contribution in [0.1, 0.15) is 37.5 Å². The van der Waals surface area contributed by atoms with Crippen LogP contribution in [0.25, 0.3) is 0 Å².